The van der Waals surface area contributed by atoms with Gasteiger partial charge in [-0.2, -0.15) is 0 Å². The van der Waals surface area contributed by atoms with Crippen molar-refractivity contribution in [1.82, 2.24) is 4.98 Å². The normalized spacial score (nSPS) is 10.8. The number of hydrogen-bond acceptors (Lipinski definition) is 3. The number of hydrogen-bond donors (Lipinski definition) is 1. The molecule has 5 heteroatoms. The van der Waals surface area contributed by atoms with E-state index in [1.165, 1.54) is 11.3 Å². The fourth-order valence-electron chi connectivity index (χ4n) is 2.00. The predicted octanol–water partition coefficient (Wildman–Crippen LogP) is 4.24. The number of thiazole rings is 1. The molecule has 0 aliphatic heterocycles. The van der Waals surface area contributed by atoms with Gasteiger partial charge in [-0.3, -0.25) is 0 Å². The van der Waals surface area contributed by atoms with E-state index in [-0.39, 0.29) is 5.56 Å². The van der Waals surface area contributed by atoms with Crippen LogP contribution in [0.15, 0.2) is 42.5 Å². The van der Waals surface area contributed by atoms with Crippen molar-refractivity contribution in [1.29, 1.82) is 0 Å². The molecule has 0 spiro atoms. The first-order valence-corrected chi connectivity index (χ1v) is 7.18. The number of rotatable bonds is 3. The summed E-state index contributed by atoms with van der Waals surface area (Å²) in [5.74, 6) is -0.920. The third-order valence-corrected chi connectivity index (χ3v) is 4.18. The van der Waals surface area contributed by atoms with Crippen LogP contribution < -0.4 is 0 Å². The van der Waals surface area contributed by atoms with Crippen LogP contribution in [0.3, 0.4) is 0 Å². The zero-order valence-electron chi connectivity index (χ0n) is 10.3. The second-order valence-corrected chi connectivity index (χ2v) is 5.95. The Morgan fingerprint density at radius 1 is 1.25 bits per heavy atom. The number of carbonyl (C=O) groups is 1. The van der Waals surface area contributed by atoms with Crippen LogP contribution in [0.5, 0.6) is 0 Å². The Morgan fingerprint density at radius 3 is 2.85 bits per heavy atom. The minimum atomic E-state index is -0.920. The summed E-state index contributed by atoms with van der Waals surface area (Å²) in [5, 5.41) is 10.6. The summed E-state index contributed by atoms with van der Waals surface area (Å²) in [6.45, 7) is 0. The summed E-state index contributed by atoms with van der Waals surface area (Å²) in [6.07, 6.45) is 0.697. The summed E-state index contributed by atoms with van der Waals surface area (Å²) < 4.78 is 0.891. The molecule has 1 heterocycles. The third-order valence-electron chi connectivity index (χ3n) is 2.92. The van der Waals surface area contributed by atoms with Crippen LogP contribution in [-0.4, -0.2) is 16.1 Å². The minimum absolute atomic E-state index is 0.287. The molecule has 0 aliphatic carbocycles. The molecule has 3 rings (SSSR count). The van der Waals surface area contributed by atoms with Crippen molar-refractivity contribution in [2.75, 3.05) is 0 Å². The quantitative estimate of drug-likeness (QED) is 0.787. The molecule has 3 nitrogen and oxygen atoms in total. The molecule has 0 saturated heterocycles. The van der Waals surface area contributed by atoms with Gasteiger partial charge in [-0.1, -0.05) is 23.7 Å². The number of carboxylic acid groups (broad SMARTS) is 1. The molecule has 0 aliphatic rings. The first kappa shape index (κ1) is 13.1. The predicted molar refractivity (Wildman–Crippen MR) is 80.8 cm³/mol. The van der Waals surface area contributed by atoms with Gasteiger partial charge in [0, 0.05) is 11.4 Å². The van der Waals surface area contributed by atoms with E-state index < -0.39 is 5.97 Å². The topological polar surface area (TPSA) is 50.2 Å². The minimum Gasteiger partial charge on any atom is -0.478 e. The van der Waals surface area contributed by atoms with Crippen LogP contribution in [0.1, 0.15) is 20.9 Å². The lowest BCUT2D eigenvalue weighted by molar-refractivity contribution is 0.0697. The van der Waals surface area contributed by atoms with Gasteiger partial charge in [-0.25, -0.2) is 9.78 Å². The Balaban J connectivity index is 1.95. The lowest BCUT2D eigenvalue weighted by Gasteiger charge is -1.97. The molecule has 20 heavy (non-hydrogen) atoms. The molecule has 0 unspecified atom stereocenters. The van der Waals surface area contributed by atoms with Gasteiger partial charge in [0.1, 0.15) is 0 Å². The molecular weight excluding hydrogens is 294 g/mol. The molecule has 0 saturated carbocycles. The Morgan fingerprint density at radius 2 is 2.10 bits per heavy atom. The molecule has 0 radical (unpaired) electrons. The van der Waals surface area contributed by atoms with Gasteiger partial charge in [0.15, 0.2) is 0 Å². The van der Waals surface area contributed by atoms with E-state index in [0.717, 1.165) is 20.8 Å². The van der Waals surface area contributed by atoms with Crippen LogP contribution >= 0.6 is 22.9 Å². The van der Waals surface area contributed by atoms with E-state index >= 15 is 0 Å². The van der Waals surface area contributed by atoms with Gasteiger partial charge in [0.2, 0.25) is 0 Å². The van der Waals surface area contributed by atoms with Crippen molar-refractivity contribution in [3.8, 4) is 0 Å². The van der Waals surface area contributed by atoms with Gasteiger partial charge >= 0.3 is 5.97 Å². The Bertz CT molecular complexity index is 797. The lowest BCUT2D eigenvalue weighted by atomic mass is 10.2. The Hall–Kier alpha value is -1.91. The van der Waals surface area contributed by atoms with Crippen molar-refractivity contribution in [3.05, 3.63) is 63.6 Å². The molecule has 0 amide bonds. The highest BCUT2D eigenvalue weighted by molar-refractivity contribution is 7.18. The average Bonchev–Trinajstić information content (AvgIpc) is 2.79. The highest BCUT2D eigenvalue weighted by Crippen LogP contribution is 2.25. The van der Waals surface area contributed by atoms with Crippen molar-refractivity contribution in [3.63, 3.8) is 0 Å². The number of benzene rings is 2. The summed E-state index contributed by atoms with van der Waals surface area (Å²) in [5.41, 5.74) is 2.21. The van der Waals surface area contributed by atoms with Crippen molar-refractivity contribution < 1.29 is 9.90 Å². The Kier molecular flexibility index (Phi) is 3.42. The molecule has 0 atom stereocenters. The molecule has 1 N–H and O–H groups in total. The van der Waals surface area contributed by atoms with Crippen molar-refractivity contribution in [2.45, 2.75) is 6.42 Å². The van der Waals surface area contributed by atoms with Crippen molar-refractivity contribution >= 4 is 39.1 Å². The second-order valence-electron chi connectivity index (χ2n) is 4.40. The zero-order chi connectivity index (χ0) is 14.1. The van der Waals surface area contributed by atoms with Crippen LogP contribution in [0.4, 0.5) is 0 Å². The molecule has 0 bridgehead atoms. The van der Waals surface area contributed by atoms with Gasteiger partial charge in [-0.15, -0.1) is 11.3 Å². The zero-order valence-corrected chi connectivity index (χ0v) is 11.9. The van der Waals surface area contributed by atoms with E-state index in [1.54, 1.807) is 18.2 Å². The summed E-state index contributed by atoms with van der Waals surface area (Å²) in [6, 6.07) is 12.6. The summed E-state index contributed by atoms with van der Waals surface area (Å²) in [7, 11) is 0. The standard InChI is InChI=1S/C15H10ClNO2S/c16-11-3-1-2-9(6-11)7-14-17-12-5-4-10(15(18)19)8-13(12)20-14/h1-6,8H,7H2,(H,18,19). The summed E-state index contributed by atoms with van der Waals surface area (Å²) in [4.78, 5) is 15.5. The fraction of sp³-hybridized carbons (Fsp3) is 0.0667. The molecule has 1 aromatic heterocycles. The maximum Gasteiger partial charge on any atom is 0.335 e. The monoisotopic (exact) mass is 303 g/mol. The number of halogens is 1. The Labute approximate surface area is 124 Å². The fourth-order valence-corrected chi connectivity index (χ4v) is 3.26. The molecular formula is C15H10ClNO2S. The number of aromatic carboxylic acids is 1. The van der Waals surface area contributed by atoms with Gasteiger partial charge < -0.3 is 5.11 Å². The number of aromatic nitrogens is 1. The van der Waals surface area contributed by atoms with Crippen LogP contribution in [0.25, 0.3) is 10.2 Å². The van der Waals surface area contributed by atoms with Crippen LogP contribution in [-0.2, 0) is 6.42 Å². The summed E-state index contributed by atoms with van der Waals surface area (Å²) >= 11 is 7.48. The van der Waals surface area contributed by atoms with Gasteiger partial charge in [-0.05, 0) is 35.9 Å². The first-order valence-electron chi connectivity index (χ1n) is 5.99. The maximum absolute atomic E-state index is 10.9. The lowest BCUT2D eigenvalue weighted by Crippen LogP contribution is -1.94. The van der Waals surface area contributed by atoms with E-state index in [0.29, 0.717) is 11.4 Å². The maximum atomic E-state index is 10.9. The van der Waals surface area contributed by atoms with Gasteiger partial charge in [0.25, 0.3) is 0 Å². The number of carboxylic acids is 1. The van der Waals surface area contributed by atoms with E-state index in [2.05, 4.69) is 4.98 Å². The van der Waals surface area contributed by atoms with E-state index in [9.17, 15) is 4.79 Å². The van der Waals surface area contributed by atoms with Crippen LogP contribution in [0.2, 0.25) is 5.02 Å². The van der Waals surface area contributed by atoms with Crippen molar-refractivity contribution in [2.24, 2.45) is 0 Å². The largest absolute Gasteiger partial charge is 0.478 e. The molecule has 100 valence electrons. The second kappa shape index (κ2) is 5.23. The van der Waals surface area contributed by atoms with Crippen LogP contribution in [0, 0.1) is 0 Å². The average molecular weight is 304 g/mol. The number of nitrogens with zero attached hydrogens (tertiary/aromatic N) is 1. The smallest absolute Gasteiger partial charge is 0.335 e. The van der Waals surface area contributed by atoms with E-state index in [1.807, 2.05) is 24.3 Å². The first-order chi connectivity index (χ1) is 9.61. The van der Waals surface area contributed by atoms with Gasteiger partial charge in [0.05, 0.1) is 20.8 Å². The third kappa shape index (κ3) is 2.66. The molecule has 3 aromatic rings. The molecule has 2 aromatic carbocycles. The highest BCUT2D eigenvalue weighted by Gasteiger charge is 2.09. The number of fused-ring (bicyclic) bond motifs is 1. The SMILES string of the molecule is O=C(O)c1ccc2nc(Cc3cccc(Cl)c3)sc2c1. The molecule has 0 fully saturated rings. The van der Waals surface area contributed by atoms with E-state index in [4.69, 9.17) is 16.7 Å². The highest BCUT2D eigenvalue weighted by atomic mass is 35.5.